The predicted octanol–water partition coefficient (Wildman–Crippen LogP) is 17.4. The first kappa shape index (κ1) is 87.1. The molecule has 5 aliphatic carbocycles. The van der Waals surface area contributed by atoms with Gasteiger partial charge in [0.1, 0.15) is 6.29 Å². The summed E-state index contributed by atoms with van der Waals surface area (Å²) in [5.41, 5.74) is 0. The lowest BCUT2D eigenvalue weighted by Crippen LogP contribution is -2.35. The molecule has 492 valence electrons. The molecular formula is C67H135ClN2O10S2. The number of aliphatic hydroxyl groups excluding tert-OH is 1. The van der Waals surface area contributed by atoms with Gasteiger partial charge in [-0.15, -0.1) is 0 Å². The molecule has 15 atom stereocenters. The number of hydrogen-bond acceptors (Lipinski definition) is 11. The lowest BCUT2D eigenvalue weighted by atomic mass is 9.70. The van der Waals surface area contributed by atoms with Crippen molar-refractivity contribution in [1.82, 2.24) is 4.90 Å². The van der Waals surface area contributed by atoms with Crippen molar-refractivity contribution in [1.29, 1.82) is 5.26 Å². The number of nitrogens with zero attached hydrogens (tertiary/aromatic N) is 2. The van der Waals surface area contributed by atoms with Gasteiger partial charge in [0.15, 0.2) is 0 Å². The number of aldehydes is 1. The Morgan fingerprint density at radius 3 is 1.28 bits per heavy atom. The quantitative estimate of drug-likeness (QED) is 0.107. The summed E-state index contributed by atoms with van der Waals surface area (Å²) in [6, 6.07) is 2.47. The van der Waals surface area contributed by atoms with Gasteiger partial charge in [-0.25, -0.2) is 8.42 Å². The Kier molecular flexibility index (Phi) is 49.7. The molecule has 15 heteroatoms. The number of carboxylic acids is 1. The molecule has 6 aliphatic rings. The molecule has 6 rings (SSSR count). The van der Waals surface area contributed by atoms with E-state index in [1.54, 1.807) is 0 Å². The van der Waals surface area contributed by atoms with Crippen molar-refractivity contribution in [3.8, 4) is 6.07 Å². The van der Waals surface area contributed by atoms with Crippen LogP contribution in [0.2, 0.25) is 0 Å². The van der Waals surface area contributed by atoms with Crippen molar-refractivity contribution in [3.63, 3.8) is 0 Å². The minimum atomic E-state index is -3.31. The van der Waals surface area contributed by atoms with Crippen LogP contribution in [0.4, 0.5) is 0 Å². The maximum Gasteiger partial charge on any atom is 0.306 e. The molecule has 0 aromatic heterocycles. The molecule has 5 saturated carbocycles. The van der Waals surface area contributed by atoms with Gasteiger partial charge < -0.3 is 24.6 Å². The average molecular weight is 1230 g/mol. The number of hydrogen-bond donors (Lipinski definition) is 2. The molecule has 6 fully saturated rings. The highest BCUT2D eigenvalue weighted by Gasteiger charge is 2.36. The summed E-state index contributed by atoms with van der Waals surface area (Å²) in [5.74, 6) is 9.07. The molecule has 0 bridgehead atoms. The zero-order valence-corrected chi connectivity index (χ0v) is 57.3. The van der Waals surface area contributed by atoms with E-state index in [2.05, 4.69) is 146 Å². The van der Waals surface area contributed by atoms with Crippen molar-refractivity contribution in [2.24, 2.45) is 107 Å². The minimum Gasteiger partial charge on any atom is -0.481 e. The Labute approximate surface area is 513 Å². The average Bonchev–Trinajstić information content (AvgIpc) is 3.95. The van der Waals surface area contributed by atoms with Gasteiger partial charge in [0.2, 0.25) is 9.05 Å². The fourth-order valence-electron chi connectivity index (χ4n) is 13.1. The smallest absolute Gasteiger partial charge is 0.306 e. The standard InChI is InChI=1S/C11H19N.C11H22O3S.C11H20O2.C11H20O.C10H20O.C6H15N.C4H8O.CH3ClO2S.2CH4/c1-8(2)11-5-4-9(3)6-10(11)7-12;1-8(2)10-6-5-9(3)7-11(10)14-15(4,12)13;1-7(2)9-5-4-8(3)6-10(9)11(12)13;1-8(2)11-5-4-9(3)6-10(11)7-12;1-7(2)9-5-4-8(3)6-10(9)11;1-4-7(5-2)6-3;1-2-4-5-3-1;1-5(2,3)4;;/h8-11H,4-6H2,1-3H3;8-11H,5-7H2,1-4H3;7-10H,4-6H2,1-3H3,(H,12,13);7-11H,4-6H2,1-3H3;7-11H,4-6H2,1-3H3;4-6H2,1-3H3;1-4H2;1H3;2*1H4/t9-,10-,11+;9-,10+,11-;8-,9+,10+;9-,10-,11+;8-,9+,10-;;;;;/m11111...../s1. The van der Waals surface area contributed by atoms with Gasteiger partial charge in [-0.1, -0.05) is 172 Å². The van der Waals surface area contributed by atoms with Crippen LogP contribution in [0, 0.1) is 118 Å². The topological polar surface area (TPSA) is 188 Å². The van der Waals surface area contributed by atoms with Crippen LogP contribution in [-0.4, -0.2) is 102 Å². The highest BCUT2D eigenvalue weighted by molar-refractivity contribution is 8.13. The number of carboxylic acid groups (broad SMARTS) is 1. The molecule has 0 amide bonds. The fourth-order valence-corrected chi connectivity index (χ4v) is 13.7. The van der Waals surface area contributed by atoms with E-state index in [0.29, 0.717) is 82.9 Å². The molecule has 0 unspecified atom stereocenters. The van der Waals surface area contributed by atoms with Gasteiger partial charge in [-0.3, -0.25) is 8.98 Å². The lowest BCUT2D eigenvalue weighted by molar-refractivity contribution is -0.146. The highest BCUT2D eigenvalue weighted by Crippen LogP contribution is 2.40. The summed E-state index contributed by atoms with van der Waals surface area (Å²) in [6.07, 6.45) is 22.9. The molecule has 0 spiro atoms. The van der Waals surface area contributed by atoms with Crippen molar-refractivity contribution in [3.05, 3.63) is 0 Å². The summed E-state index contributed by atoms with van der Waals surface area (Å²) in [5, 5.41) is 27.8. The van der Waals surface area contributed by atoms with Gasteiger partial charge in [-0.05, 0) is 185 Å². The monoisotopic (exact) mass is 1230 g/mol. The molecule has 0 aromatic rings. The zero-order chi connectivity index (χ0) is 62.1. The number of aliphatic carboxylic acids is 1. The summed E-state index contributed by atoms with van der Waals surface area (Å²) < 4.78 is 51.2. The maximum atomic E-state index is 11.2. The van der Waals surface area contributed by atoms with E-state index >= 15 is 0 Å². The third-order valence-electron chi connectivity index (χ3n) is 18.2. The summed E-state index contributed by atoms with van der Waals surface area (Å²) >= 11 is 0. The van der Waals surface area contributed by atoms with E-state index < -0.39 is 25.1 Å². The fraction of sp³-hybridized carbons (Fsp3) is 0.955. The first-order valence-electron chi connectivity index (χ1n) is 31.9. The largest absolute Gasteiger partial charge is 0.481 e. The van der Waals surface area contributed by atoms with Crippen LogP contribution in [-0.2, 0) is 37.7 Å². The number of carbonyl (C=O) groups is 2. The summed E-state index contributed by atoms with van der Waals surface area (Å²) in [7, 11) is -2.01. The molecule has 2 N–H and O–H groups in total. The van der Waals surface area contributed by atoms with Crippen LogP contribution in [0.1, 0.15) is 249 Å². The maximum absolute atomic E-state index is 11.2. The molecule has 1 aliphatic heterocycles. The van der Waals surface area contributed by atoms with Gasteiger partial charge in [0.25, 0.3) is 10.1 Å². The molecule has 1 saturated heterocycles. The number of carbonyl (C=O) groups excluding carboxylic acids is 1. The number of aliphatic hydroxyl groups is 1. The van der Waals surface area contributed by atoms with E-state index in [0.717, 1.165) is 88.4 Å². The highest BCUT2D eigenvalue weighted by atomic mass is 35.7. The Bertz CT molecular complexity index is 1830. The normalized spacial score (nSPS) is 30.7. The second-order valence-electron chi connectivity index (χ2n) is 27.1. The Morgan fingerprint density at radius 2 is 0.951 bits per heavy atom. The Balaban J connectivity index is -0.000000432. The minimum absolute atomic E-state index is 0. The van der Waals surface area contributed by atoms with Crippen LogP contribution in [0.3, 0.4) is 0 Å². The van der Waals surface area contributed by atoms with Gasteiger partial charge in [-0.2, -0.15) is 13.7 Å². The van der Waals surface area contributed by atoms with Gasteiger partial charge in [0.05, 0.1) is 36.7 Å². The van der Waals surface area contributed by atoms with Crippen molar-refractivity contribution in [2.75, 3.05) is 45.4 Å². The molecule has 0 aromatic carbocycles. The van der Waals surface area contributed by atoms with Crippen molar-refractivity contribution < 1.29 is 45.6 Å². The second-order valence-corrected chi connectivity index (χ2v) is 31.8. The van der Waals surface area contributed by atoms with Crippen LogP contribution >= 0.6 is 10.7 Å². The second kappa shape index (κ2) is 46.8. The van der Waals surface area contributed by atoms with Crippen molar-refractivity contribution >= 4 is 42.1 Å². The van der Waals surface area contributed by atoms with Crippen LogP contribution in [0.15, 0.2) is 0 Å². The lowest BCUT2D eigenvalue weighted by Gasteiger charge is -2.36. The Morgan fingerprint density at radius 1 is 0.598 bits per heavy atom. The summed E-state index contributed by atoms with van der Waals surface area (Å²) in [4.78, 5) is 24.2. The third-order valence-corrected chi connectivity index (χ3v) is 18.8. The van der Waals surface area contributed by atoms with Crippen molar-refractivity contribution in [2.45, 2.75) is 261 Å². The molecule has 82 heavy (non-hydrogen) atoms. The van der Waals surface area contributed by atoms with Gasteiger partial charge >= 0.3 is 5.97 Å². The molecular weight excluding hydrogens is 1090 g/mol. The van der Waals surface area contributed by atoms with Gasteiger partial charge in [0, 0.05) is 35.7 Å². The van der Waals surface area contributed by atoms with E-state index in [4.69, 9.17) is 19.3 Å². The molecule has 1 heterocycles. The summed E-state index contributed by atoms with van der Waals surface area (Å²) in [6.45, 7) is 45.1. The van der Waals surface area contributed by atoms with Crippen LogP contribution < -0.4 is 0 Å². The number of rotatable bonds is 12. The Hall–Kier alpha value is -1.34. The number of halogens is 1. The van der Waals surface area contributed by atoms with E-state index in [1.165, 1.54) is 90.1 Å². The molecule has 0 radical (unpaired) electrons. The SMILES string of the molecule is C.C.C1CCOC1.CC(C)[C@@H]1CC[C@@H](C)C[C@@H]1C#N.CC(C)[C@@H]1CC[C@@H](C)C[C@@H]1C(=O)O.CC(C)[C@@H]1CC[C@@H](C)C[C@@H]1C=O.CC(C)[C@@H]1CC[C@@H](C)C[C@H]1O.CC(C)[C@@H]1CC[C@@H](C)C[C@H]1OS(C)(=O)=O.CCN(CC)CC.CS(=O)(=O)Cl. The number of nitriles is 1. The first-order chi connectivity index (χ1) is 37.1. The molecule has 12 nitrogen and oxygen atoms in total. The first-order valence-corrected chi connectivity index (χ1v) is 36.4. The zero-order valence-electron chi connectivity index (χ0n) is 54.9. The van der Waals surface area contributed by atoms with E-state index in [9.17, 15) is 31.5 Å². The predicted molar refractivity (Wildman–Crippen MR) is 350 cm³/mol. The van der Waals surface area contributed by atoms with E-state index in [-0.39, 0.29) is 33.0 Å². The van der Waals surface area contributed by atoms with E-state index in [1.807, 2.05) is 0 Å². The number of ether oxygens (including phenoxy) is 1. The van der Waals surface area contributed by atoms with Crippen LogP contribution in [0.25, 0.3) is 0 Å². The van der Waals surface area contributed by atoms with Crippen LogP contribution in [0.5, 0.6) is 0 Å². The third kappa shape index (κ3) is 40.9.